The fourth-order valence-electron chi connectivity index (χ4n) is 4.01. The van der Waals surface area contributed by atoms with Gasteiger partial charge in [0.15, 0.2) is 9.84 Å². The van der Waals surface area contributed by atoms with Crippen molar-refractivity contribution in [3.63, 3.8) is 0 Å². The van der Waals surface area contributed by atoms with E-state index in [1.54, 1.807) is 0 Å². The zero-order valence-corrected chi connectivity index (χ0v) is 12.8. The lowest BCUT2D eigenvalue weighted by Gasteiger charge is -2.32. The third kappa shape index (κ3) is 2.52. The molecule has 2 fully saturated rings. The SMILES string of the molecule is CCCN(C(=O)[C@@H]1C[C@H]2C=C[C@H]1C2)[C@@H]1CCS(=O)(=O)C1. The van der Waals surface area contributed by atoms with Gasteiger partial charge in [-0.15, -0.1) is 0 Å². The smallest absolute Gasteiger partial charge is 0.226 e. The van der Waals surface area contributed by atoms with E-state index in [1.165, 1.54) is 0 Å². The van der Waals surface area contributed by atoms with Crippen molar-refractivity contribution >= 4 is 15.7 Å². The van der Waals surface area contributed by atoms with Gasteiger partial charge in [-0.2, -0.15) is 0 Å². The Morgan fingerprint density at radius 1 is 1.30 bits per heavy atom. The lowest BCUT2D eigenvalue weighted by Crippen LogP contribution is -2.45. The highest BCUT2D eigenvalue weighted by molar-refractivity contribution is 7.91. The zero-order chi connectivity index (χ0) is 14.3. The zero-order valence-electron chi connectivity index (χ0n) is 12.0. The molecule has 2 aliphatic carbocycles. The van der Waals surface area contributed by atoms with Crippen LogP contribution in [-0.4, -0.2) is 43.3 Å². The Balaban J connectivity index is 1.74. The van der Waals surface area contributed by atoms with E-state index >= 15 is 0 Å². The second-order valence-electron chi connectivity index (χ2n) is 6.48. The van der Waals surface area contributed by atoms with Gasteiger partial charge in [-0.1, -0.05) is 19.1 Å². The summed E-state index contributed by atoms with van der Waals surface area (Å²) in [5.41, 5.74) is 0. The minimum Gasteiger partial charge on any atom is -0.338 e. The maximum absolute atomic E-state index is 12.8. The molecule has 20 heavy (non-hydrogen) atoms. The molecule has 1 aliphatic heterocycles. The molecule has 3 rings (SSSR count). The van der Waals surface area contributed by atoms with E-state index in [9.17, 15) is 13.2 Å². The van der Waals surface area contributed by atoms with Gasteiger partial charge in [0.1, 0.15) is 0 Å². The summed E-state index contributed by atoms with van der Waals surface area (Å²) in [6.45, 7) is 2.74. The summed E-state index contributed by atoms with van der Waals surface area (Å²) in [5.74, 6) is 1.66. The van der Waals surface area contributed by atoms with Crippen molar-refractivity contribution in [1.29, 1.82) is 0 Å². The van der Waals surface area contributed by atoms with Crippen LogP contribution in [0.1, 0.15) is 32.6 Å². The minimum absolute atomic E-state index is 0.0874. The first-order valence-electron chi connectivity index (χ1n) is 7.69. The van der Waals surface area contributed by atoms with Crippen LogP contribution < -0.4 is 0 Å². The number of carbonyl (C=O) groups is 1. The van der Waals surface area contributed by atoms with Crippen LogP contribution >= 0.6 is 0 Å². The first-order chi connectivity index (χ1) is 9.50. The highest BCUT2D eigenvalue weighted by Gasteiger charge is 2.44. The number of allylic oxidation sites excluding steroid dienone is 2. The van der Waals surface area contributed by atoms with E-state index in [1.807, 2.05) is 11.8 Å². The molecule has 0 aromatic carbocycles. The second-order valence-corrected chi connectivity index (χ2v) is 8.70. The van der Waals surface area contributed by atoms with Crippen molar-refractivity contribution in [2.45, 2.75) is 38.6 Å². The topological polar surface area (TPSA) is 54.5 Å². The number of rotatable bonds is 4. The quantitative estimate of drug-likeness (QED) is 0.741. The van der Waals surface area contributed by atoms with Crippen LogP contribution in [0.5, 0.6) is 0 Å². The van der Waals surface area contributed by atoms with Crippen molar-refractivity contribution < 1.29 is 13.2 Å². The lowest BCUT2D eigenvalue weighted by molar-refractivity contribution is -0.138. The van der Waals surface area contributed by atoms with Gasteiger partial charge >= 0.3 is 0 Å². The molecule has 0 N–H and O–H groups in total. The Kier molecular flexibility index (Phi) is 3.65. The van der Waals surface area contributed by atoms with Crippen LogP contribution in [0.3, 0.4) is 0 Å². The van der Waals surface area contributed by atoms with E-state index < -0.39 is 9.84 Å². The molecule has 0 radical (unpaired) electrons. The molecule has 0 aromatic heterocycles. The molecule has 4 nitrogen and oxygen atoms in total. The predicted molar refractivity (Wildman–Crippen MR) is 77.9 cm³/mol. The van der Waals surface area contributed by atoms with Gasteiger partial charge in [-0.05, 0) is 37.5 Å². The van der Waals surface area contributed by atoms with E-state index in [-0.39, 0.29) is 29.4 Å². The first kappa shape index (κ1) is 14.1. The number of hydrogen-bond donors (Lipinski definition) is 0. The Labute approximate surface area is 121 Å². The number of fused-ring (bicyclic) bond motifs is 2. The molecule has 1 heterocycles. The van der Waals surface area contributed by atoms with Gasteiger partial charge in [0.25, 0.3) is 0 Å². The van der Waals surface area contributed by atoms with Crippen LogP contribution in [0.25, 0.3) is 0 Å². The summed E-state index contributed by atoms with van der Waals surface area (Å²) in [4.78, 5) is 14.7. The second kappa shape index (κ2) is 5.17. The van der Waals surface area contributed by atoms with E-state index in [0.717, 1.165) is 19.3 Å². The van der Waals surface area contributed by atoms with Crippen molar-refractivity contribution in [2.24, 2.45) is 17.8 Å². The molecule has 112 valence electrons. The summed E-state index contributed by atoms with van der Waals surface area (Å²) in [6, 6.07) is -0.0874. The van der Waals surface area contributed by atoms with Crippen molar-refractivity contribution in [3.05, 3.63) is 12.2 Å². The van der Waals surface area contributed by atoms with E-state index in [0.29, 0.717) is 24.8 Å². The monoisotopic (exact) mass is 297 g/mol. The molecule has 0 unspecified atom stereocenters. The van der Waals surface area contributed by atoms with Gasteiger partial charge in [-0.3, -0.25) is 4.79 Å². The molecular weight excluding hydrogens is 274 g/mol. The largest absolute Gasteiger partial charge is 0.338 e. The van der Waals surface area contributed by atoms with Gasteiger partial charge in [0, 0.05) is 18.5 Å². The van der Waals surface area contributed by atoms with Gasteiger partial charge in [0.05, 0.1) is 11.5 Å². The summed E-state index contributed by atoms with van der Waals surface area (Å²) in [5, 5.41) is 0. The standard InChI is InChI=1S/C15H23NO3S/c1-2-6-16(13-5-7-20(18,19)10-13)15(17)14-9-11-3-4-12(14)8-11/h3-4,11-14H,2,5-10H2,1H3/t11-,12-,13+,14+/m0/s1. The number of carbonyl (C=O) groups excluding carboxylic acids is 1. The van der Waals surface area contributed by atoms with Gasteiger partial charge in [0.2, 0.25) is 5.91 Å². The molecule has 1 amide bonds. The fourth-order valence-corrected chi connectivity index (χ4v) is 5.74. The molecule has 0 aromatic rings. The van der Waals surface area contributed by atoms with E-state index in [2.05, 4.69) is 12.2 Å². The van der Waals surface area contributed by atoms with Crippen LogP contribution in [0, 0.1) is 17.8 Å². The van der Waals surface area contributed by atoms with Crippen molar-refractivity contribution in [2.75, 3.05) is 18.1 Å². The van der Waals surface area contributed by atoms with Crippen LogP contribution in [0.4, 0.5) is 0 Å². The van der Waals surface area contributed by atoms with E-state index in [4.69, 9.17) is 0 Å². The van der Waals surface area contributed by atoms with Crippen molar-refractivity contribution in [1.82, 2.24) is 4.90 Å². The Morgan fingerprint density at radius 2 is 2.10 bits per heavy atom. The number of nitrogens with zero attached hydrogens (tertiary/aromatic N) is 1. The summed E-state index contributed by atoms with van der Waals surface area (Å²) in [6.07, 6.45) is 7.99. The molecule has 4 atom stereocenters. The summed E-state index contributed by atoms with van der Waals surface area (Å²) in [7, 11) is -2.93. The van der Waals surface area contributed by atoms with Crippen LogP contribution in [-0.2, 0) is 14.6 Å². The van der Waals surface area contributed by atoms with Gasteiger partial charge < -0.3 is 4.90 Å². The van der Waals surface area contributed by atoms with Crippen molar-refractivity contribution in [3.8, 4) is 0 Å². The molecule has 5 heteroatoms. The maximum Gasteiger partial charge on any atom is 0.226 e. The minimum atomic E-state index is -2.93. The Bertz CT molecular complexity index is 525. The Morgan fingerprint density at radius 3 is 2.60 bits per heavy atom. The number of amides is 1. The lowest BCUT2D eigenvalue weighted by atomic mass is 9.91. The molecular formula is C15H23NO3S. The summed E-state index contributed by atoms with van der Waals surface area (Å²) >= 11 is 0. The normalized spacial score (nSPS) is 37.5. The first-order valence-corrected chi connectivity index (χ1v) is 9.51. The van der Waals surface area contributed by atoms with Crippen LogP contribution in [0.2, 0.25) is 0 Å². The highest BCUT2D eigenvalue weighted by Crippen LogP contribution is 2.44. The molecule has 3 aliphatic rings. The Hall–Kier alpha value is -0.840. The molecule has 1 saturated heterocycles. The molecule has 2 bridgehead atoms. The highest BCUT2D eigenvalue weighted by atomic mass is 32.2. The number of hydrogen-bond acceptors (Lipinski definition) is 3. The average Bonchev–Trinajstić information content (AvgIpc) is 3.09. The average molecular weight is 297 g/mol. The maximum atomic E-state index is 12.8. The third-order valence-electron chi connectivity index (χ3n) is 4.99. The third-order valence-corrected chi connectivity index (χ3v) is 6.74. The molecule has 0 spiro atoms. The molecule has 1 saturated carbocycles. The van der Waals surface area contributed by atoms with Crippen LogP contribution in [0.15, 0.2) is 12.2 Å². The van der Waals surface area contributed by atoms with Gasteiger partial charge in [-0.25, -0.2) is 8.42 Å². The summed E-state index contributed by atoms with van der Waals surface area (Å²) < 4.78 is 23.3. The number of sulfone groups is 1. The fraction of sp³-hybridized carbons (Fsp3) is 0.800. The predicted octanol–water partition coefficient (Wildman–Crippen LogP) is 1.62.